The van der Waals surface area contributed by atoms with E-state index < -0.39 is 5.60 Å². The second kappa shape index (κ2) is 12.3. The normalized spacial score (nSPS) is 11.4. The molecule has 1 heterocycles. The first-order valence-electron chi connectivity index (χ1n) is 11.6. The highest BCUT2D eigenvalue weighted by Gasteiger charge is 2.23. The molecule has 34 heavy (non-hydrogen) atoms. The summed E-state index contributed by atoms with van der Waals surface area (Å²) in [7, 11) is 0. The molecule has 0 fully saturated rings. The number of carbonyl (C=O) groups excluding carboxylic acids is 3. The minimum atomic E-state index is -0.602. The first kappa shape index (κ1) is 27.0. The van der Waals surface area contributed by atoms with Gasteiger partial charge in [0.05, 0.1) is 32.3 Å². The predicted octanol–water partition coefficient (Wildman–Crippen LogP) is 2.89. The van der Waals surface area contributed by atoms with Crippen molar-refractivity contribution in [3.63, 3.8) is 0 Å². The Morgan fingerprint density at radius 3 is 2.35 bits per heavy atom. The molecule has 0 bridgehead atoms. The van der Waals surface area contributed by atoms with Crippen LogP contribution in [0.15, 0.2) is 36.5 Å². The summed E-state index contributed by atoms with van der Waals surface area (Å²) < 4.78 is 7.10. The third kappa shape index (κ3) is 9.72. The number of amides is 2. The van der Waals surface area contributed by atoms with Gasteiger partial charge in [0.2, 0.25) is 11.8 Å². The molecule has 2 rings (SSSR count). The van der Waals surface area contributed by atoms with Crippen LogP contribution < -0.4 is 0 Å². The maximum absolute atomic E-state index is 13.2. The molecule has 0 N–H and O–H groups in total. The molecule has 0 aliphatic carbocycles. The van der Waals surface area contributed by atoms with Gasteiger partial charge in [-0.25, -0.2) is 4.68 Å². The zero-order chi connectivity index (χ0) is 25.3. The van der Waals surface area contributed by atoms with Gasteiger partial charge in [0.15, 0.2) is 0 Å². The Labute approximate surface area is 202 Å². The number of nitrogens with zero attached hydrogens (tertiary/aromatic N) is 5. The largest absolute Gasteiger partial charge is 0.460 e. The van der Waals surface area contributed by atoms with Gasteiger partial charge < -0.3 is 14.5 Å². The summed E-state index contributed by atoms with van der Waals surface area (Å²) in [5.41, 5.74) is 1.09. The lowest BCUT2D eigenvalue weighted by atomic mass is 10.2. The lowest BCUT2D eigenvalue weighted by molar-refractivity contribution is -0.155. The Morgan fingerprint density at radius 1 is 1.09 bits per heavy atom. The summed E-state index contributed by atoms with van der Waals surface area (Å²) in [5.74, 6) is -0.576. The van der Waals surface area contributed by atoms with Gasteiger partial charge in [-0.2, -0.15) is 0 Å². The molecule has 0 atom stereocenters. The summed E-state index contributed by atoms with van der Waals surface area (Å²) in [6.07, 6.45) is 1.84. The predicted molar refractivity (Wildman–Crippen MR) is 129 cm³/mol. The van der Waals surface area contributed by atoms with Gasteiger partial charge in [-0.3, -0.25) is 14.4 Å². The second-order valence-electron chi connectivity index (χ2n) is 9.84. The Kier molecular flexibility index (Phi) is 9.77. The first-order chi connectivity index (χ1) is 15.9. The number of carbonyl (C=O) groups is 3. The number of ether oxygens (including phenoxy) is 1. The Balaban J connectivity index is 2.11. The van der Waals surface area contributed by atoms with E-state index in [0.717, 1.165) is 5.56 Å². The van der Waals surface area contributed by atoms with Crippen LogP contribution in [-0.4, -0.2) is 67.8 Å². The van der Waals surface area contributed by atoms with Crippen LogP contribution in [0, 0.1) is 5.92 Å². The second-order valence-corrected chi connectivity index (χ2v) is 9.84. The molecule has 0 saturated heterocycles. The topological polar surface area (TPSA) is 97.6 Å². The SMILES string of the molecule is CC(=O)N(CC(=O)N(CCC(=O)OC(C)(C)C)Cc1cn(Cc2ccccc2)nn1)CC(C)C. The van der Waals surface area contributed by atoms with Crippen LogP contribution in [0.25, 0.3) is 0 Å². The first-order valence-corrected chi connectivity index (χ1v) is 11.6. The molecule has 0 aliphatic rings. The number of benzene rings is 1. The highest BCUT2D eigenvalue weighted by Crippen LogP contribution is 2.11. The highest BCUT2D eigenvalue weighted by atomic mass is 16.6. The molecule has 0 saturated carbocycles. The van der Waals surface area contributed by atoms with E-state index in [2.05, 4.69) is 10.3 Å². The van der Waals surface area contributed by atoms with Crippen molar-refractivity contribution in [2.45, 2.75) is 66.7 Å². The summed E-state index contributed by atoms with van der Waals surface area (Å²) >= 11 is 0. The molecule has 9 nitrogen and oxygen atoms in total. The molecule has 1 aromatic heterocycles. The fraction of sp³-hybridized carbons (Fsp3) is 0.560. The van der Waals surface area contributed by atoms with E-state index in [4.69, 9.17) is 4.74 Å². The van der Waals surface area contributed by atoms with Crippen molar-refractivity contribution in [3.8, 4) is 0 Å². The van der Waals surface area contributed by atoms with Gasteiger partial charge >= 0.3 is 5.97 Å². The Hall–Kier alpha value is -3.23. The minimum absolute atomic E-state index is 0.0470. The van der Waals surface area contributed by atoms with Crippen LogP contribution >= 0.6 is 0 Å². The molecular formula is C25H37N5O4. The van der Waals surface area contributed by atoms with E-state index >= 15 is 0 Å². The maximum Gasteiger partial charge on any atom is 0.308 e. The number of aromatic nitrogens is 3. The van der Waals surface area contributed by atoms with E-state index in [1.807, 2.05) is 44.2 Å². The quantitative estimate of drug-likeness (QED) is 0.468. The summed E-state index contributed by atoms with van der Waals surface area (Å²) in [4.78, 5) is 40.5. The van der Waals surface area contributed by atoms with Gasteiger partial charge in [0.1, 0.15) is 11.3 Å². The van der Waals surface area contributed by atoms with Crippen LogP contribution in [0.1, 0.15) is 59.2 Å². The molecule has 1 aromatic carbocycles. The Bertz CT molecular complexity index is 950. The monoisotopic (exact) mass is 471 g/mol. The molecular weight excluding hydrogens is 434 g/mol. The number of rotatable bonds is 11. The van der Waals surface area contributed by atoms with Crippen molar-refractivity contribution in [2.24, 2.45) is 5.92 Å². The molecule has 0 unspecified atom stereocenters. The van der Waals surface area contributed by atoms with Crippen LogP contribution in [0.2, 0.25) is 0 Å². The highest BCUT2D eigenvalue weighted by molar-refractivity contribution is 5.84. The van der Waals surface area contributed by atoms with Crippen LogP contribution in [0.5, 0.6) is 0 Å². The van der Waals surface area contributed by atoms with Crippen molar-refractivity contribution in [1.29, 1.82) is 0 Å². The van der Waals surface area contributed by atoms with Crippen molar-refractivity contribution in [1.82, 2.24) is 24.8 Å². The number of esters is 1. The third-order valence-electron chi connectivity index (χ3n) is 4.84. The van der Waals surface area contributed by atoms with E-state index in [-0.39, 0.29) is 49.8 Å². The molecule has 2 amide bonds. The van der Waals surface area contributed by atoms with Crippen molar-refractivity contribution < 1.29 is 19.1 Å². The summed E-state index contributed by atoms with van der Waals surface area (Å²) in [6.45, 7) is 12.2. The fourth-order valence-electron chi connectivity index (χ4n) is 3.37. The van der Waals surface area contributed by atoms with Gasteiger partial charge in [0.25, 0.3) is 0 Å². The Morgan fingerprint density at radius 2 is 1.76 bits per heavy atom. The van der Waals surface area contributed by atoms with Crippen LogP contribution in [0.3, 0.4) is 0 Å². The van der Waals surface area contributed by atoms with E-state index in [1.165, 1.54) is 16.7 Å². The van der Waals surface area contributed by atoms with E-state index in [0.29, 0.717) is 18.8 Å². The molecule has 9 heteroatoms. The lowest BCUT2D eigenvalue weighted by Gasteiger charge is -2.28. The standard InChI is InChI=1S/C25H37N5O4/c1-19(2)14-29(20(3)31)18-23(32)28(13-12-24(33)34-25(4,5)6)16-22-17-30(27-26-22)15-21-10-8-7-9-11-21/h7-11,17,19H,12-16,18H2,1-6H3. The smallest absolute Gasteiger partial charge is 0.308 e. The minimum Gasteiger partial charge on any atom is -0.460 e. The summed E-state index contributed by atoms with van der Waals surface area (Å²) in [6, 6.07) is 9.88. The molecule has 2 aromatic rings. The average Bonchev–Trinajstić information content (AvgIpc) is 3.16. The number of hydrogen-bond donors (Lipinski definition) is 0. The molecule has 0 spiro atoms. The van der Waals surface area contributed by atoms with Gasteiger partial charge in [-0.05, 0) is 32.3 Å². The van der Waals surface area contributed by atoms with Gasteiger partial charge in [0, 0.05) is 20.0 Å². The average molecular weight is 472 g/mol. The maximum atomic E-state index is 13.2. The molecule has 0 radical (unpaired) electrons. The molecule has 0 aliphatic heterocycles. The van der Waals surface area contributed by atoms with E-state index in [9.17, 15) is 14.4 Å². The van der Waals surface area contributed by atoms with Crippen LogP contribution in [-0.2, 0) is 32.2 Å². The van der Waals surface area contributed by atoms with Crippen molar-refractivity contribution in [3.05, 3.63) is 47.8 Å². The van der Waals surface area contributed by atoms with Gasteiger partial charge in [-0.15, -0.1) is 5.10 Å². The fourth-order valence-corrected chi connectivity index (χ4v) is 3.37. The van der Waals surface area contributed by atoms with Crippen molar-refractivity contribution >= 4 is 17.8 Å². The van der Waals surface area contributed by atoms with Gasteiger partial charge in [-0.1, -0.05) is 49.4 Å². The lowest BCUT2D eigenvalue weighted by Crippen LogP contribution is -2.44. The zero-order valence-electron chi connectivity index (χ0n) is 21.2. The van der Waals surface area contributed by atoms with E-state index in [1.54, 1.807) is 31.6 Å². The number of hydrogen-bond acceptors (Lipinski definition) is 6. The van der Waals surface area contributed by atoms with Crippen molar-refractivity contribution in [2.75, 3.05) is 19.6 Å². The zero-order valence-corrected chi connectivity index (χ0v) is 21.2. The van der Waals surface area contributed by atoms with Crippen LogP contribution in [0.4, 0.5) is 0 Å². The molecule has 186 valence electrons. The third-order valence-corrected chi connectivity index (χ3v) is 4.84. The summed E-state index contributed by atoms with van der Waals surface area (Å²) in [5, 5.41) is 8.37.